The minimum absolute atomic E-state index is 0.166. The van der Waals surface area contributed by atoms with Gasteiger partial charge in [-0.3, -0.25) is 10.1 Å². The molecule has 29 heavy (non-hydrogen) atoms. The number of nitrogens with zero attached hydrogens (tertiary/aromatic N) is 1. The number of para-hydroxylation sites is 1. The summed E-state index contributed by atoms with van der Waals surface area (Å²) < 4.78 is 0. The maximum absolute atomic E-state index is 12.9. The van der Waals surface area contributed by atoms with Gasteiger partial charge < -0.3 is 21.3 Å². The van der Waals surface area contributed by atoms with Crippen molar-refractivity contribution in [3.63, 3.8) is 0 Å². The van der Waals surface area contributed by atoms with Crippen LogP contribution in [-0.4, -0.2) is 29.4 Å². The van der Waals surface area contributed by atoms with E-state index < -0.39 is 12.1 Å². The lowest BCUT2D eigenvalue weighted by molar-refractivity contribution is -0.126. The molecule has 2 aromatic rings. The van der Waals surface area contributed by atoms with Gasteiger partial charge >= 0.3 is 0 Å². The van der Waals surface area contributed by atoms with E-state index in [9.17, 15) is 4.79 Å². The lowest BCUT2D eigenvalue weighted by Crippen LogP contribution is -2.71. The standard InChI is InChI=1S/C22H27N5OS/c1-3-14-8-10-16(11-9-14)24-21(29)18-19(23)25-22(26-20(18)28)27-13(2)12-15-6-4-5-7-17(15)27/h4-11,13,18-19,22,25H,3,12,23H2,1-2H3,(H,24,29)(H,26,28). The van der Waals surface area contributed by atoms with Crippen molar-refractivity contribution in [1.82, 2.24) is 10.6 Å². The minimum Gasteiger partial charge on any atom is -0.349 e. The summed E-state index contributed by atoms with van der Waals surface area (Å²) in [6, 6.07) is 16.6. The van der Waals surface area contributed by atoms with E-state index in [1.54, 1.807) is 0 Å². The molecule has 4 rings (SSSR count). The number of hydrogen-bond acceptors (Lipinski definition) is 5. The zero-order chi connectivity index (χ0) is 20.5. The number of hydrogen-bond donors (Lipinski definition) is 4. The largest absolute Gasteiger partial charge is 0.349 e. The van der Waals surface area contributed by atoms with Gasteiger partial charge in [-0.05, 0) is 49.1 Å². The number of aryl methyl sites for hydroxylation is 1. The molecular formula is C22H27N5OS. The number of benzene rings is 2. The highest BCUT2D eigenvalue weighted by Crippen LogP contribution is 2.33. The molecule has 2 aliphatic heterocycles. The fourth-order valence-corrected chi connectivity index (χ4v) is 4.54. The number of anilines is 2. The van der Waals surface area contributed by atoms with E-state index in [0.29, 0.717) is 4.99 Å². The Morgan fingerprint density at radius 2 is 1.97 bits per heavy atom. The molecule has 0 aliphatic carbocycles. The summed E-state index contributed by atoms with van der Waals surface area (Å²) in [7, 11) is 0. The molecule has 2 aromatic carbocycles. The summed E-state index contributed by atoms with van der Waals surface area (Å²) in [6.45, 7) is 4.26. The van der Waals surface area contributed by atoms with Crippen LogP contribution in [0.25, 0.3) is 0 Å². The SMILES string of the molecule is CCc1ccc(NC(=S)C2C(=O)NC(N3c4ccccc4CC3C)NC2N)cc1. The molecule has 0 aromatic heterocycles. The van der Waals surface area contributed by atoms with Gasteiger partial charge in [-0.25, -0.2) is 0 Å². The third-order valence-electron chi connectivity index (χ3n) is 5.72. The van der Waals surface area contributed by atoms with Crippen molar-refractivity contribution in [3.05, 3.63) is 59.7 Å². The summed E-state index contributed by atoms with van der Waals surface area (Å²) in [6.07, 6.45) is 0.975. The Morgan fingerprint density at radius 3 is 2.66 bits per heavy atom. The first-order valence-corrected chi connectivity index (χ1v) is 10.5. The number of carbonyl (C=O) groups is 1. The fraction of sp³-hybridized carbons (Fsp3) is 0.364. The van der Waals surface area contributed by atoms with Gasteiger partial charge in [-0.2, -0.15) is 0 Å². The van der Waals surface area contributed by atoms with Gasteiger partial charge in [0.2, 0.25) is 5.91 Å². The molecule has 6 nitrogen and oxygen atoms in total. The molecule has 4 atom stereocenters. The van der Waals surface area contributed by atoms with E-state index in [2.05, 4.69) is 46.8 Å². The van der Waals surface area contributed by atoms with Crippen LogP contribution in [0.1, 0.15) is 25.0 Å². The van der Waals surface area contributed by atoms with Crippen LogP contribution in [0.2, 0.25) is 0 Å². The highest BCUT2D eigenvalue weighted by molar-refractivity contribution is 7.80. The number of nitrogens with two attached hydrogens (primary N) is 1. The van der Waals surface area contributed by atoms with E-state index in [4.69, 9.17) is 18.0 Å². The van der Waals surface area contributed by atoms with Crippen molar-refractivity contribution in [2.75, 3.05) is 10.2 Å². The van der Waals surface area contributed by atoms with E-state index in [1.165, 1.54) is 11.1 Å². The number of thiocarbonyl (C=S) groups is 1. The summed E-state index contributed by atoms with van der Waals surface area (Å²) in [5, 5.41) is 9.57. The van der Waals surface area contributed by atoms with Gasteiger partial charge in [0, 0.05) is 17.4 Å². The van der Waals surface area contributed by atoms with Crippen molar-refractivity contribution in [3.8, 4) is 0 Å². The van der Waals surface area contributed by atoms with Crippen molar-refractivity contribution in [2.24, 2.45) is 11.7 Å². The number of amides is 1. The van der Waals surface area contributed by atoms with Crippen molar-refractivity contribution >= 4 is 34.5 Å². The average Bonchev–Trinajstić information content (AvgIpc) is 3.03. The second kappa shape index (κ2) is 8.10. The van der Waals surface area contributed by atoms with E-state index >= 15 is 0 Å². The molecule has 1 amide bonds. The Labute approximate surface area is 176 Å². The molecule has 7 heteroatoms. The average molecular weight is 410 g/mol. The van der Waals surface area contributed by atoms with Gasteiger partial charge in [-0.1, -0.05) is 49.5 Å². The molecule has 0 spiro atoms. The number of rotatable bonds is 4. The highest BCUT2D eigenvalue weighted by atomic mass is 32.1. The normalized spacial score (nSPS) is 26.0. The molecule has 0 bridgehead atoms. The Morgan fingerprint density at radius 1 is 1.24 bits per heavy atom. The Balaban J connectivity index is 1.46. The van der Waals surface area contributed by atoms with Crippen LogP contribution in [0.4, 0.5) is 11.4 Å². The second-order valence-electron chi connectivity index (χ2n) is 7.71. The minimum atomic E-state index is -0.639. The van der Waals surface area contributed by atoms with Gasteiger partial charge in [0.05, 0.1) is 11.2 Å². The van der Waals surface area contributed by atoms with Crippen molar-refractivity contribution < 1.29 is 4.79 Å². The summed E-state index contributed by atoms with van der Waals surface area (Å²) in [5.41, 5.74) is 10.9. The van der Waals surface area contributed by atoms with Gasteiger partial charge in [-0.15, -0.1) is 0 Å². The Bertz CT molecular complexity index is 916. The zero-order valence-corrected chi connectivity index (χ0v) is 17.5. The molecular weight excluding hydrogens is 382 g/mol. The lowest BCUT2D eigenvalue weighted by Gasteiger charge is -2.42. The molecule has 152 valence electrons. The van der Waals surface area contributed by atoms with E-state index in [-0.39, 0.29) is 18.2 Å². The molecule has 2 aliphatic rings. The smallest absolute Gasteiger partial charge is 0.235 e. The molecule has 2 heterocycles. The molecule has 5 N–H and O–H groups in total. The third-order valence-corrected chi connectivity index (χ3v) is 6.08. The van der Waals surface area contributed by atoms with Gasteiger partial charge in [0.25, 0.3) is 0 Å². The first-order valence-electron chi connectivity index (χ1n) is 10.1. The highest BCUT2D eigenvalue weighted by Gasteiger charge is 2.41. The molecule has 4 unspecified atom stereocenters. The van der Waals surface area contributed by atoms with E-state index in [1.807, 2.05) is 36.4 Å². The third kappa shape index (κ3) is 3.85. The maximum Gasteiger partial charge on any atom is 0.235 e. The summed E-state index contributed by atoms with van der Waals surface area (Å²) in [5.74, 6) is -0.805. The fourth-order valence-electron chi connectivity index (χ4n) is 4.17. The summed E-state index contributed by atoms with van der Waals surface area (Å²) >= 11 is 5.53. The van der Waals surface area contributed by atoms with Crippen LogP contribution in [0.3, 0.4) is 0 Å². The van der Waals surface area contributed by atoms with Crippen LogP contribution < -0.4 is 26.6 Å². The topological polar surface area (TPSA) is 82.4 Å². The van der Waals surface area contributed by atoms with Crippen LogP contribution in [-0.2, 0) is 17.6 Å². The number of fused-ring (bicyclic) bond motifs is 1. The Hall–Kier alpha value is -2.48. The van der Waals surface area contributed by atoms with Crippen LogP contribution in [0.5, 0.6) is 0 Å². The summed E-state index contributed by atoms with van der Waals surface area (Å²) in [4.78, 5) is 15.5. The first-order chi connectivity index (χ1) is 14.0. The predicted molar refractivity (Wildman–Crippen MR) is 121 cm³/mol. The Kier molecular flexibility index (Phi) is 5.54. The number of carbonyl (C=O) groups excluding carboxylic acids is 1. The lowest BCUT2D eigenvalue weighted by atomic mass is 10.0. The monoisotopic (exact) mass is 409 g/mol. The van der Waals surface area contributed by atoms with E-state index in [0.717, 1.165) is 24.2 Å². The zero-order valence-electron chi connectivity index (χ0n) is 16.7. The van der Waals surface area contributed by atoms with Crippen LogP contribution in [0, 0.1) is 5.92 Å². The molecule has 1 saturated heterocycles. The van der Waals surface area contributed by atoms with Crippen LogP contribution >= 0.6 is 12.2 Å². The van der Waals surface area contributed by atoms with Crippen LogP contribution in [0.15, 0.2) is 48.5 Å². The van der Waals surface area contributed by atoms with Crippen molar-refractivity contribution in [2.45, 2.75) is 45.2 Å². The molecule has 0 radical (unpaired) electrons. The molecule has 0 saturated carbocycles. The quantitative estimate of drug-likeness (QED) is 0.581. The maximum atomic E-state index is 12.9. The predicted octanol–water partition coefficient (Wildman–Crippen LogP) is 2.34. The molecule has 1 fully saturated rings. The van der Waals surface area contributed by atoms with Gasteiger partial charge in [0.15, 0.2) is 6.29 Å². The van der Waals surface area contributed by atoms with Crippen molar-refractivity contribution in [1.29, 1.82) is 0 Å². The second-order valence-corrected chi connectivity index (χ2v) is 8.15. The van der Waals surface area contributed by atoms with Gasteiger partial charge in [0.1, 0.15) is 5.92 Å². The first kappa shape index (κ1) is 19.8. The number of nitrogens with one attached hydrogen (secondary N) is 3.